The van der Waals surface area contributed by atoms with E-state index in [-0.39, 0.29) is 30.8 Å². The van der Waals surface area contributed by atoms with Crippen molar-refractivity contribution in [3.8, 4) is 5.75 Å². The van der Waals surface area contributed by atoms with Gasteiger partial charge in [0.1, 0.15) is 11.6 Å². The van der Waals surface area contributed by atoms with Crippen LogP contribution in [0.4, 0.5) is 4.39 Å². The zero-order valence-corrected chi connectivity index (χ0v) is 16.5. The van der Waals surface area contributed by atoms with Crippen LogP contribution in [0.25, 0.3) is 0 Å². The zero-order chi connectivity index (χ0) is 20.8. The molecular formula is C21H22ClFN2O4. The van der Waals surface area contributed by atoms with Crippen LogP contribution in [0.3, 0.4) is 0 Å². The summed E-state index contributed by atoms with van der Waals surface area (Å²) in [6, 6.07) is 12.5. The van der Waals surface area contributed by atoms with Crippen LogP contribution in [0.15, 0.2) is 48.5 Å². The molecule has 2 aromatic rings. The summed E-state index contributed by atoms with van der Waals surface area (Å²) in [6.07, 6.45) is -0.0803. The molecule has 1 fully saturated rings. The lowest BCUT2D eigenvalue weighted by Gasteiger charge is -2.41. The highest BCUT2D eigenvalue weighted by Crippen LogP contribution is 2.19. The molecule has 1 amide bonds. The van der Waals surface area contributed by atoms with Gasteiger partial charge in [-0.25, -0.2) is 4.39 Å². The van der Waals surface area contributed by atoms with Crippen molar-refractivity contribution in [1.82, 2.24) is 9.80 Å². The summed E-state index contributed by atoms with van der Waals surface area (Å²) in [5.74, 6) is -0.894. The van der Waals surface area contributed by atoms with Crippen LogP contribution in [-0.2, 0) is 16.1 Å². The Morgan fingerprint density at radius 3 is 2.45 bits per heavy atom. The number of piperazine rings is 1. The minimum absolute atomic E-state index is 0.0803. The molecule has 0 saturated carbocycles. The molecule has 0 aliphatic carbocycles. The predicted octanol–water partition coefficient (Wildman–Crippen LogP) is 3.05. The fourth-order valence-electron chi connectivity index (χ4n) is 3.31. The molecule has 3 rings (SSSR count). The monoisotopic (exact) mass is 420 g/mol. The molecule has 1 aliphatic rings. The number of aliphatic carboxylic acids is 1. The molecule has 0 spiro atoms. The van der Waals surface area contributed by atoms with E-state index in [1.807, 2.05) is 4.90 Å². The van der Waals surface area contributed by atoms with Gasteiger partial charge in [0.2, 0.25) is 0 Å². The minimum atomic E-state index is -0.925. The summed E-state index contributed by atoms with van der Waals surface area (Å²) in [4.78, 5) is 27.5. The summed E-state index contributed by atoms with van der Waals surface area (Å²) < 4.78 is 18.6. The Labute approximate surface area is 173 Å². The number of ether oxygens (including phenoxy) is 1. The van der Waals surface area contributed by atoms with Gasteiger partial charge in [0.05, 0.1) is 6.42 Å². The molecule has 1 aliphatic heterocycles. The van der Waals surface area contributed by atoms with Crippen molar-refractivity contribution in [2.24, 2.45) is 0 Å². The summed E-state index contributed by atoms with van der Waals surface area (Å²) in [5, 5.41) is 9.85. The molecule has 1 unspecified atom stereocenters. The normalized spacial score (nSPS) is 17.2. The third-order valence-electron chi connectivity index (χ3n) is 4.84. The van der Waals surface area contributed by atoms with E-state index in [1.54, 1.807) is 41.3 Å². The standard InChI is InChI=1S/C21H22ClFN2O4/c22-16-3-7-19(8-4-16)29-14-20(26)25-10-9-24(18(13-25)11-21(27)28)12-15-1-5-17(23)6-2-15/h1-8,18H,9-14H2,(H,27,28). The average Bonchev–Trinajstić information content (AvgIpc) is 2.70. The van der Waals surface area contributed by atoms with Crippen molar-refractivity contribution in [2.75, 3.05) is 26.2 Å². The Balaban J connectivity index is 1.59. The molecule has 1 heterocycles. The first-order chi connectivity index (χ1) is 13.9. The third-order valence-corrected chi connectivity index (χ3v) is 5.09. The number of carboxylic acid groups (broad SMARTS) is 1. The second kappa shape index (κ2) is 9.71. The van der Waals surface area contributed by atoms with Crippen molar-refractivity contribution in [3.63, 3.8) is 0 Å². The van der Waals surface area contributed by atoms with Crippen LogP contribution in [0, 0.1) is 5.82 Å². The van der Waals surface area contributed by atoms with Gasteiger partial charge in [0.25, 0.3) is 5.91 Å². The van der Waals surface area contributed by atoms with Crippen molar-refractivity contribution >= 4 is 23.5 Å². The van der Waals surface area contributed by atoms with Crippen molar-refractivity contribution in [2.45, 2.75) is 19.0 Å². The first kappa shape index (κ1) is 21.1. The van der Waals surface area contributed by atoms with E-state index in [4.69, 9.17) is 16.3 Å². The van der Waals surface area contributed by atoms with E-state index < -0.39 is 5.97 Å². The highest BCUT2D eigenvalue weighted by Gasteiger charge is 2.31. The molecule has 0 radical (unpaired) electrons. The number of benzene rings is 2. The number of hydrogen-bond acceptors (Lipinski definition) is 4. The number of halogens is 2. The molecule has 1 atom stereocenters. The molecule has 6 nitrogen and oxygen atoms in total. The zero-order valence-electron chi connectivity index (χ0n) is 15.8. The topological polar surface area (TPSA) is 70.1 Å². The molecule has 8 heteroatoms. The second-order valence-electron chi connectivity index (χ2n) is 6.93. The molecule has 2 aromatic carbocycles. The van der Waals surface area contributed by atoms with Crippen LogP contribution in [0.1, 0.15) is 12.0 Å². The van der Waals surface area contributed by atoms with Gasteiger partial charge in [0.15, 0.2) is 6.61 Å². The van der Waals surface area contributed by atoms with Gasteiger partial charge in [0, 0.05) is 37.2 Å². The Kier molecular flexibility index (Phi) is 7.06. The lowest BCUT2D eigenvalue weighted by Crippen LogP contribution is -2.55. The number of rotatable bonds is 7. The number of carboxylic acids is 1. The van der Waals surface area contributed by atoms with Gasteiger partial charge < -0.3 is 14.7 Å². The average molecular weight is 421 g/mol. The highest BCUT2D eigenvalue weighted by molar-refractivity contribution is 6.30. The number of carbonyl (C=O) groups excluding carboxylic acids is 1. The minimum Gasteiger partial charge on any atom is -0.484 e. The first-order valence-electron chi connectivity index (χ1n) is 9.27. The van der Waals surface area contributed by atoms with Gasteiger partial charge in [-0.1, -0.05) is 23.7 Å². The first-order valence-corrected chi connectivity index (χ1v) is 9.65. The van der Waals surface area contributed by atoms with Crippen LogP contribution in [0.5, 0.6) is 5.75 Å². The second-order valence-corrected chi connectivity index (χ2v) is 7.37. The van der Waals surface area contributed by atoms with E-state index in [1.165, 1.54) is 12.1 Å². The number of hydrogen-bond donors (Lipinski definition) is 1. The van der Waals surface area contributed by atoms with Crippen molar-refractivity contribution < 1.29 is 23.8 Å². The summed E-state index contributed by atoms with van der Waals surface area (Å²) >= 11 is 5.83. The largest absolute Gasteiger partial charge is 0.484 e. The van der Waals surface area contributed by atoms with Crippen LogP contribution < -0.4 is 4.74 Å². The van der Waals surface area contributed by atoms with E-state index in [9.17, 15) is 19.1 Å². The maximum atomic E-state index is 13.1. The molecule has 1 saturated heterocycles. The van der Waals surface area contributed by atoms with Gasteiger partial charge in [-0.15, -0.1) is 0 Å². The molecule has 0 bridgehead atoms. The molecular weight excluding hydrogens is 399 g/mol. The number of carbonyl (C=O) groups is 2. The summed E-state index contributed by atoms with van der Waals surface area (Å²) in [5.41, 5.74) is 0.896. The van der Waals surface area contributed by atoms with E-state index >= 15 is 0 Å². The van der Waals surface area contributed by atoms with E-state index in [2.05, 4.69) is 0 Å². The van der Waals surface area contributed by atoms with Crippen molar-refractivity contribution in [1.29, 1.82) is 0 Å². The van der Waals surface area contributed by atoms with Gasteiger partial charge in [-0.3, -0.25) is 14.5 Å². The number of amides is 1. The molecule has 29 heavy (non-hydrogen) atoms. The van der Waals surface area contributed by atoms with Gasteiger partial charge in [-0.2, -0.15) is 0 Å². The number of nitrogens with zero attached hydrogens (tertiary/aromatic N) is 2. The van der Waals surface area contributed by atoms with Gasteiger partial charge >= 0.3 is 5.97 Å². The van der Waals surface area contributed by atoms with E-state index in [0.717, 1.165) is 5.56 Å². The lowest BCUT2D eigenvalue weighted by molar-refractivity contribution is -0.143. The van der Waals surface area contributed by atoms with E-state index in [0.29, 0.717) is 37.0 Å². The summed E-state index contributed by atoms with van der Waals surface area (Å²) in [6.45, 7) is 1.68. The Morgan fingerprint density at radius 1 is 1.10 bits per heavy atom. The van der Waals surface area contributed by atoms with Crippen LogP contribution in [-0.4, -0.2) is 59.1 Å². The maximum absolute atomic E-state index is 13.1. The Bertz CT molecular complexity index is 845. The fourth-order valence-corrected chi connectivity index (χ4v) is 3.44. The molecule has 154 valence electrons. The van der Waals surface area contributed by atoms with Crippen LogP contribution >= 0.6 is 11.6 Å². The smallest absolute Gasteiger partial charge is 0.305 e. The maximum Gasteiger partial charge on any atom is 0.305 e. The van der Waals surface area contributed by atoms with Crippen LogP contribution in [0.2, 0.25) is 5.02 Å². The Hall–Kier alpha value is -2.64. The summed E-state index contributed by atoms with van der Waals surface area (Å²) in [7, 11) is 0. The molecule has 0 aromatic heterocycles. The fraction of sp³-hybridized carbons (Fsp3) is 0.333. The lowest BCUT2D eigenvalue weighted by atomic mass is 10.1. The quantitative estimate of drug-likeness (QED) is 0.745. The van der Waals surface area contributed by atoms with Gasteiger partial charge in [-0.05, 0) is 42.0 Å². The highest BCUT2D eigenvalue weighted by atomic mass is 35.5. The molecule has 1 N–H and O–H groups in total. The van der Waals surface area contributed by atoms with Crippen molar-refractivity contribution in [3.05, 3.63) is 64.9 Å². The SMILES string of the molecule is O=C(O)CC1CN(C(=O)COc2ccc(Cl)cc2)CCN1Cc1ccc(F)cc1. The Morgan fingerprint density at radius 2 is 1.79 bits per heavy atom. The predicted molar refractivity (Wildman–Crippen MR) is 106 cm³/mol. The third kappa shape index (κ3) is 6.17.